The molecule has 1 saturated heterocycles. The highest BCUT2D eigenvalue weighted by atomic mass is 16.5. The number of fused-ring (bicyclic) bond motifs is 1. The van der Waals surface area contributed by atoms with Gasteiger partial charge >= 0.3 is 0 Å². The number of rotatable bonds is 3. The first kappa shape index (κ1) is 12.9. The van der Waals surface area contributed by atoms with Crippen molar-refractivity contribution in [3.05, 3.63) is 29.8 Å². The Balaban J connectivity index is 1.54. The second kappa shape index (κ2) is 6.40. The number of piperidine rings is 1. The van der Waals surface area contributed by atoms with Crippen LogP contribution in [0.15, 0.2) is 24.3 Å². The molecular formula is C16H24N2O. The van der Waals surface area contributed by atoms with E-state index in [-0.39, 0.29) is 0 Å². The number of para-hydroxylation sites is 1. The highest BCUT2D eigenvalue weighted by Crippen LogP contribution is 2.23. The first-order chi connectivity index (χ1) is 9.42. The van der Waals surface area contributed by atoms with E-state index in [1.54, 1.807) is 0 Å². The smallest absolute Gasteiger partial charge is 0.123 e. The van der Waals surface area contributed by atoms with Gasteiger partial charge in [0.1, 0.15) is 12.4 Å². The van der Waals surface area contributed by atoms with Gasteiger partial charge in [-0.3, -0.25) is 4.90 Å². The Hall–Kier alpha value is -1.06. The van der Waals surface area contributed by atoms with Crippen molar-refractivity contribution in [2.24, 2.45) is 5.92 Å². The summed E-state index contributed by atoms with van der Waals surface area (Å²) in [4.78, 5) is 2.55. The van der Waals surface area contributed by atoms with Gasteiger partial charge in [-0.1, -0.05) is 18.2 Å². The van der Waals surface area contributed by atoms with Crippen molar-refractivity contribution < 1.29 is 4.74 Å². The SMILES string of the molecule is c1ccc2c(c1)CN(CCC1CCNCC1)CCO2. The van der Waals surface area contributed by atoms with Crippen molar-refractivity contribution in [2.75, 3.05) is 32.8 Å². The van der Waals surface area contributed by atoms with Crippen LogP contribution in [0.4, 0.5) is 0 Å². The van der Waals surface area contributed by atoms with Gasteiger partial charge < -0.3 is 10.1 Å². The van der Waals surface area contributed by atoms with Crippen LogP contribution >= 0.6 is 0 Å². The third kappa shape index (κ3) is 3.48. The summed E-state index contributed by atoms with van der Waals surface area (Å²) in [6.07, 6.45) is 4.03. The zero-order chi connectivity index (χ0) is 12.9. The molecule has 0 aliphatic carbocycles. The van der Waals surface area contributed by atoms with Crippen LogP contribution in [0.25, 0.3) is 0 Å². The van der Waals surface area contributed by atoms with Crippen LogP contribution < -0.4 is 10.1 Å². The average molecular weight is 260 g/mol. The van der Waals surface area contributed by atoms with Crippen molar-refractivity contribution >= 4 is 0 Å². The van der Waals surface area contributed by atoms with E-state index in [0.29, 0.717) is 0 Å². The Morgan fingerprint density at radius 1 is 1.21 bits per heavy atom. The van der Waals surface area contributed by atoms with E-state index in [2.05, 4.69) is 34.5 Å². The van der Waals surface area contributed by atoms with Gasteiger partial charge in [-0.05, 0) is 50.9 Å². The molecule has 1 N–H and O–H groups in total. The minimum atomic E-state index is 0.823. The fourth-order valence-corrected chi connectivity index (χ4v) is 3.11. The fraction of sp³-hybridized carbons (Fsp3) is 0.625. The van der Waals surface area contributed by atoms with Crippen molar-refractivity contribution in [3.8, 4) is 5.75 Å². The summed E-state index contributed by atoms with van der Waals surface area (Å²) in [5.74, 6) is 1.99. The molecule has 3 heteroatoms. The van der Waals surface area contributed by atoms with Crippen LogP contribution in [0.3, 0.4) is 0 Å². The topological polar surface area (TPSA) is 24.5 Å². The molecule has 0 spiro atoms. The first-order valence-corrected chi connectivity index (χ1v) is 7.55. The lowest BCUT2D eigenvalue weighted by Gasteiger charge is -2.26. The van der Waals surface area contributed by atoms with Crippen molar-refractivity contribution in [1.82, 2.24) is 10.2 Å². The summed E-state index contributed by atoms with van der Waals surface area (Å²) in [7, 11) is 0. The van der Waals surface area contributed by atoms with Crippen LogP contribution in [0.5, 0.6) is 5.75 Å². The highest BCUT2D eigenvalue weighted by Gasteiger charge is 2.17. The van der Waals surface area contributed by atoms with Gasteiger partial charge in [0.05, 0.1) is 0 Å². The number of nitrogens with zero attached hydrogens (tertiary/aromatic N) is 1. The standard InChI is InChI=1S/C16H24N2O/c1-2-4-16-15(3-1)13-18(11-12-19-16)10-7-14-5-8-17-9-6-14/h1-4,14,17H,5-13H2. The predicted octanol–water partition coefficient (Wildman–Crippen LogP) is 2.27. The maximum absolute atomic E-state index is 5.82. The third-order valence-electron chi connectivity index (χ3n) is 4.34. The summed E-state index contributed by atoms with van der Waals surface area (Å²) in [5.41, 5.74) is 1.34. The van der Waals surface area contributed by atoms with Crippen molar-refractivity contribution in [2.45, 2.75) is 25.8 Å². The molecule has 2 heterocycles. The highest BCUT2D eigenvalue weighted by molar-refractivity contribution is 5.33. The van der Waals surface area contributed by atoms with Crippen LogP contribution in [-0.4, -0.2) is 37.7 Å². The lowest BCUT2D eigenvalue weighted by Crippen LogP contribution is -2.32. The molecule has 3 rings (SSSR count). The third-order valence-corrected chi connectivity index (χ3v) is 4.34. The van der Waals surface area contributed by atoms with E-state index in [1.165, 1.54) is 44.5 Å². The summed E-state index contributed by atoms with van der Waals surface area (Å²) in [5, 5.41) is 3.44. The molecule has 0 bridgehead atoms. The molecule has 104 valence electrons. The quantitative estimate of drug-likeness (QED) is 0.902. The molecule has 1 fully saturated rings. The molecule has 2 aliphatic heterocycles. The van der Waals surface area contributed by atoms with Crippen LogP contribution in [-0.2, 0) is 6.54 Å². The molecule has 1 aromatic carbocycles. The Morgan fingerprint density at radius 3 is 2.95 bits per heavy atom. The van der Waals surface area contributed by atoms with Gasteiger partial charge in [-0.15, -0.1) is 0 Å². The van der Waals surface area contributed by atoms with E-state index < -0.39 is 0 Å². The molecule has 0 amide bonds. The average Bonchev–Trinajstić information content (AvgIpc) is 2.68. The maximum Gasteiger partial charge on any atom is 0.123 e. The Kier molecular flexibility index (Phi) is 4.36. The van der Waals surface area contributed by atoms with Crippen LogP contribution in [0.2, 0.25) is 0 Å². The van der Waals surface area contributed by atoms with E-state index in [9.17, 15) is 0 Å². The minimum Gasteiger partial charge on any atom is -0.492 e. The summed E-state index contributed by atoms with van der Waals surface area (Å²) >= 11 is 0. The predicted molar refractivity (Wildman–Crippen MR) is 77.4 cm³/mol. The Labute approximate surface area is 115 Å². The van der Waals surface area contributed by atoms with Gasteiger partial charge in [0.15, 0.2) is 0 Å². The molecule has 0 saturated carbocycles. The fourth-order valence-electron chi connectivity index (χ4n) is 3.11. The molecule has 1 aromatic rings. The molecule has 0 aromatic heterocycles. The number of hydrogen-bond acceptors (Lipinski definition) is 3. The zero-order valence-electron chi connectivity index (χ0n) is 11.6. The Bertz CT molecular complexity index is 401. The largest absolute Gasteiger partial charge is 0.492 e. The zero-order valence-corrected chi connectivity index (χ0v) is 11.6. The Morgan fingerprint density at radius 2 is 2.05 bits per heavy atom. The molecule has 0 unspecified atom stereocenters. The minimum absolute atomic E-state index is 0.823. The summed E-state index contributed by atoms with van der Waals surface area (Å²) < 4.78 is 5.82. The molecular weight excluding hydrogens is 236 g/mol. The van der Waals surface area contributed by atoms with E-state index in [1.807, 2.05) is 0 Å². The second-order valence-corrected chi connectivity index (χ2v) is 5.71. The number of nitrogens with one attached hydrogen (secondary N) is 1. The van der Waals surface area contributed by atoms with E-state index in [4.69, 9.17) is 4.74 Å². The normalized spacial score (nSPS) is 21.5. The van der Waals surface area contributed by atoms with Gasteiger partial charge in [0, 0.05) is 18.7 Å². The lowest BCUT2D eigenvalue weighted by atomic mass is 9.94. The van der Waals surface area contributed by atoms with Crippen molar-refractivity contribution in [1.29, 1.82) is 0 Å². The van der Waals surface area contributed by atoms with Gasteiger partial charge in [0.2, 0.25) is 0 Å². The molecule has 2 aliphatic rings. The monoisotopic (exact) mass is 260 g/mol. The second-order valence-electron chi connectivity index (χ2n) is 5.71. The molecule has 0 atom stereocenters. The molecule has 0 radical (unpaired) electrons. The lowest BCUT2D eigenvalue weighted by molar-refractivity contribution is 0.204. The van der Waals surface area contributed by atoms with Crippen molar-refractivity contribution in [3.63, 3.8) is 0 Å². The van der Waals surface area contributed by atoms with E-state index >= 15 is 0 Å². The number of hydrogen-bond donors (Lipinski definition) is 1. The maximum atomic E-state index is 5.82. The number of benzene rings is 1. The van der Waals surface area contributed by atoms with Gasteiger partial charge in [-0.2, -0.15) is 0 Å². The van der Waals surface area contributed by atoms with Crippen LogP contribution in [0, 0.1) is 5.92 Å². The molecule has 3 nitrogen and oxygen atoms in total. The molecule has 19 heavy (non-hydrogen) atoms. The summed E-state index contributed by atoms with van der Waals surface area (Å²) in [6, 6.07) is 8.45. The number of ether oxygens (including phenoxy) is 1. The van der Waals surface area contributed by atoms with Gasteiger partial charge in [0.25, 0.3) is 0 Å². The first-order valence-electron chi connectivity index (χ1n) is 7.55. The summed E-state index contributed by atoms with van der Waals surface area (Å²) in [6.45, 7) is 6.54. The van der Waals surface area contributed by atoms with E-state index in [0.717, 1.165) is 31.4 Å². The van der Waals surface area contributed by atoms with Crippen LogP contribution in [0.1, 0.15) is 24.8 Å². The van der Waals surface area contributed by atoms with Gasteiger partial charge in [-0.25, -0.2) is 0 Å².